The Hall–Kier alpha value is -0.730. The molecule has 0 aliphatic heterocycles. The first-order valence-corrected chi connectivity index (χ1v) is 5.99. The van der Waals surface area contributed by atoms with Crippen molar-refractivity contribution in [2.75, 3.05) is 11.8 Å². The molecule has 0 aromatic heterocycles. The maximum atomic E-state index is 13.2. The fourth-order valence-electron chi connectivity index (χ4n) is 0.825. The Kier molecular flexibility index (Phi) is 3.63. The van der Waals surface area contributed by atoms with Crippen LogP contribution in [0.2, 0.25) is 0 Å². The molecule has 15 heavy (non-hydrogen) atoms. The predicted molar refractivity (Wildman–Crippen MR) is 55.7 cm³/mol. The smallest absolute Gasteiger partial charge is 0.265 e. The Balaban J connectivity index is 3.17. The van der Waals surface area contributed by atoms with Gasteiger partial charge in [-0.3, -0.25) is 4.72 Å². The summed E-state index contributed by atoms with van der Waals surface area (Å²) in [7, 11) is -2.80. The molecular formula is C7H7BrF2N2O2S. The van der Waals surface area contributed by atoms with Gasteiger partial charge < -0.3 is 0 Å². The first kappa shape index (κ1) is 12.3. The van der Waals surface area contributed by atoms with Crippen molar-refractivity contribution in [1.82, 2.24) is 4.72 Å². The van der Waals surface area contributed by atoms with E-state index in [4.69, 9.17) is 0 Å². The van der Waals surface area contributed by atoms with E-state index in [1.807, 2.05) is 4.72 Å². The van der Waals surface area contributed by atoms with Crippen molar-refractivity contribution in [3.05, 3.63) is 28.2 Å². The number of benzene rings is 1. The third kappa shape index (κ3) is 3.11. The summed E-state index contributed by atoms with van der Waals surface area (Å²) >= 11 is 2.87. The van der Waals surface area contributed by atoms with E-state index in [-0.39, 0.29) is 4.47 Å². The van der Waals surface area contributed by atoms with Gasteiger partial charge in [-0.15, -0.1) is 0 Å². The van der Waals surface area contributed by atoms with Crippen molar-refractivity contribution < 1.29 is 17.2 Å². The van der Waals surface area contributed by atoms with Gasteiger partial charge in [0.15, 0.2) is 11.6 Å². The van der Waals surface area contributed by atoms with Gasteiger partial charge in [0.05, 0.1) is 0 Å². The third-order valence-corrected chi connectivity index (χ3v) is 2.98. The molecule has 0 fully saturated rings. The summed E-state index contributed by atoms with van der Waals surface area (Å²) in [4.78, 5) is 0. The molecule has 0 amide bonds. The summed E-state index contributed by atoms with van der Waals surface area (Å²) in [5.74, 6) is -2.00. The van der Waals surface area contributed by atoms with Crippen molar-refractivity contribution >= 4 is 31.8 Å². The van der Waals surface area contributed by atoms with Gasteiger partial charge in [-0.1, -0.05) is 15.9 Å². The summed E-state index contributed by atoms with van der Waals surface area (Å²) < 4.78 is 52.1. The Morgan fingerprint density at radius 1 is 1.27 bits per heavy atom. The molecule has 0 radical (unpaired) electrons. The summed E-state index contributed by atoms with van der Waals surface area (Å²) in [6.45, 7) is 0. The quantitative estimate of drug-likeness (QED) is 0.891. The fraction of sp³-hybridized carbons (Fsp3) is 0.143. The minimum absolute atomic E-state index is 0.185. The van der Waals surface area contributed by atoms with Gasteiger partial charge in [0.25, 0.3) is 10.2 Å². The van der Waals surface area contributed by atoms with E-state index < -0.39 is 27.5 Å². The molecule has 2 N–H and O–H groups in total. The van der Waals surface area contributed by atoms with Crippen molar-refractivity contribution in [3.63, 3.8) is 0 Å². The van der Waals surface area contributed by atoms with Crippen LogP contribution in [0.25, 0.3) is 0 Å². The molecule has 1 aromatic rings. The molecule has 0 unspecified atom stereocenters. The van der Waals surface area contributed by atoms with E-state index in [1.54, 1.807) is 4.72 Å². The second-order valence-corrected chi connectivity index (χ2v) is 5.09. The Labute approximate surface area is 94.0 Å². The summed E-state index contributed by atoms with van der Waals surface area (Å²) in [6.07, 6.45) is 0. The minimum Gasteiger partial charge on any atom is -0.265 e. The van der Waals surface area contributed by atoms with Crippen LogP contribution in [0, 0.1) is 11.6 Å². The number of nitrogens with one attached hydrogen (secondary N) is 2. The first-order chi connectivity index (χ1) is 6.85. The fourth-order valence-corrected chi connectivity index (χ4v) is 1.79. The lowest BCUT2D eigenvalue weighted by atomic mass is 10.3. The Morgan fingerprint density at radius 2 is 1.73 bits per heavy atom. The molecule has 0 saturated carbocycles. The molecule has 0 bridgehead atoms. The summed E-state index contributed by atoms with van der Waals surface area (Å²) in [6, 6.07) is 1.91. The molecule has 0 spiro atoms. The normalized spacial score (nSPS) is 11.5. The molecule has 0 heterocycles. The Morgan fingerprint density at radius 3 is 2.13 bits per heavy atom. The average Bonchev–Trinajstić information content (AvgIpc) is 2.11. The van der Waals surface area contributed by atoms with Crippen LogP contribution < -0.4 is 9.44 Å². The molecule has 0 saturated heterocycles. The number of rotatable bonds is 3. The lowest BCUT2D eigenvalue weighted by Gasteiger charge is -2.08. The van der Waals surface area contributed by atoms with Crippen LogP contribution in [0.3, 0.4) is 0 Å². The van der Waals surface area contributed by atoms with Gasteiger partial charge in [0, 0.05) is 11.5 Å². The molecule has 1 rings (SSSR count). The zero-order valence-corrected chi connectivity index (χ0v) is 9.92. The minimum atomic E-state index is -3.93. The zero-order valence-electron chi connectivity index (χ0n) is 7.51. The standard InChI is InChI=1S/C7H7BrF2N2O2S/c1-11-15(13,14)12-7-5(9)2-4(8)3-6(7)10/h2-3,11-12H,1H3. The number of anilines is 1. The van der Waals surface area contributed by atoms with Gasteiger partial charge in [-0.2, -0.15) is 8.42 Å². The number of hydrogen-bond acceptors (Lipinski definition) is 2. The predicted octanol–water partition coefficient (Wildman–Crippen LogP) is 1.60. The van der Waals surface area contributed by atoms with Crippen molar-refractivity contribution in [2.45, 2.75) is 0 Å². The van der Waals surface area contributed by atoms with E-state index in [0.717, 1.165) is 19.2 Å². The highest BCUT2D eigenvalue weighted by atomic mass is 79.9. The van der Waals surface area contributed by atoms with Gasteiger partial charge in [0.2, 0.25) is 0 Å². The van der Waals surface area contributed by atoms with E-state index in [1.165, 1.54) is 0 Å². The maximum absolute atomic E-state index is 13.2. The number of hydrogen-bond donors (Lipinski definition) is 2. The van der Waals surface area contributed by atoms with Gasteiger partial charge >= 0.3 is 0 Å². The van der Waals surface area contributed by atoms with Gasteiger partial charge in [0.1, 0.15) is 5.69 Å². The second-order valence-electron chi connectivity index (χ2n) is 2.55. The largest absolute Gasteiger partial charge is 0.299 e. The van der Waals surface area contributed by atoms with Crippen LogP contribution in [-0.4, -0.2) is 15.5 Å². The summed E-state index contributed by atoms with van der Waals surface area (Å²) in [5, 5.41) is 0. The lowest BCUT2D eigenvalue weighted by molar-refractivity contribution is 0.578. The molecule has 0 aliphatic rings. The highest BCUT2D eigenvalue weighted by molar-refractivity contribution is 9.10. The average molecular weight is 301 g/mol. The van der Waals surface area contributed by atoms with E-state index in [2.05, 4.69) is 15.9 Å². The number of halogens is 3. The van der Waals surface area contributed by atoms with E-state index in [0.29, 0.717) is 0 Å². The molecule has 0 atom stereocenters. The van der Waals surface area contributed by atoms with Crippen molar-refractivity contribution in [1.29, 1.82) is 0 Å². The van der Waals surface area contributed by atoms with Crippen LogP contribution in [0.5, 0.6) is 0 Å². The molecule has 4 nitrogen and oxygen atoms in total. The van der Waals surface area contributed by atoms with Crippen LogP contribution in [0.4, 0.5) is 14.5 Å². The monoisotopic (exact) mass is 300 g/mol. The lowest BCUT2D eigenvalue weighted by Crippen LogP contribution is -2.27. The van der Waals surface area contributed by atoms with Gasteiger partial charge in [-0.05, 0) is 12.1 Å². The molecular weight excluding hydrogens is 294 g/mol. The maximum Gasteiger partial charge on any atom is 0.299 e. The summed E-state index contributed by atoms with van der Waals surface area (Å²) in [5.41, 5.74) is -0.715. The van der Waals surface area contributed by atoms with Crippen LogP contribution >= 0.6 is 15.9 Å². The second kappa shape index (κ2) is 4.42. The molecule has 0 aliphatic carbocycles. The van der Waals surface area contributed by atoms with Crippen molar-refractivity contribution in [3.8, 4) is 0 Å². The molecule has 8 heteroatoms. The van der Waals surface area contributed by atoms with Crippen molar-refractivity contribution in [2.24, 2.45) is 0 Å². The highest BCUT2D eigenvalue weighted by Crippen LogP contribution is 2.24. The SMILES string of the molecule is CNS(=O)(=O)Nc1c(F)cc(Br)cc1F. The van der Waals surface area contributed by atoms with Crippen LogP contribution in [0.1, 0.15) is 0 Å². The third-order valence-electron chi connectivity index (χ3n) is 1.51. The Bertz CT molecular complexity index is 455. The molecule has 1 aromatic carbocycles. The van der Waals surface area contributed by atoms with Crippen LogP contribution in [-0.2, 0) is 10.2 Å². The van der Waals surface area contributed by atoms with E-state index in [9.17, 15) is 17.2 Å². The van der Waals surface area contributed by atoms with Crippen LogP contribution in [0.15, 0.2) is 16.6 Å². The highest BCUT2D eigenvalue weighted by Gasteiger charge is 2.15. The van der Waals surface area contributed by atoms with Gasteiger partial charge in [-0.25, -0.2) is 13.5 Å². The topological polar surface area (TPSA) is 58.2 Å². The van der Waals surface area contributed by atoms with E-state index >= 15 is 0 Å². The zero-order chi connectivity index (χ0) is 11.6. The first-order valence-electron chi connectivity index (χ1n) is 3.71. The molecule has 84 valence electrons.